The van der Waals surface area contributed by atoms with Gasteiger partial charge >= 0.3 is 12.1 Å². The number of fused-ring (bicyclic) bond motifs is 1. The lowest BCUT2D eigenvalue weighted by molar-refractivity contribution is -0.241. The second kappa shape index (κ2) is 8.91. The van der Waals surface area contributed by atoms with Gasteiger partial charge in [0.15, 0.2) is 5.82 Å². The second-order valence-corrected chi connectivity index (χ2v) is 6.72. The molecule has 0 aliphatic carbocycles. The van der Waals surface area contributed by atoms with Crippen LogP contribution in [0.15, 0.2) is 24.3 Å². The first kappa shape index (κ1) is 21.3. The summed E-state index contributed by atoms with van der Waals surface area (Å²) in [5.74, 6) is -2.50. The average molecular weight is 413 g/mol. The van der Waals surface area contributed by atoms with Gasteiger partial charge in [-0.3, -0.25) is 4.79 Å². The minimum absolute atomic E-state index is 0.0530. The molecule has 10 heteroatoms. The third-order valence-corrected chi connectivity index (χ3v) is 4.81. The maximum atomic E-state index is 13.1. The lowest BCUT2D eigenvalue weighted by atomic mass is 9.93. The van der Waals surface area contributed by atoms with E-state index in [0.29, 0.717) is 31.1 Å². The highest BCUT2D eigenvalue weighted by Gasteiger charge is 2.43. The number of imidazole rings is 1. The number of alkyl halides is 3. The third kappa shape index (κ3) is 4.94. The molecule has 0 bridgehead atoms. The van der Waals surface area contributed by atoms with Crippen LogP contribution in [0.1, 0.15) is 30.4 Å². The van der Waals surface area contributed by atoms with Gasteiger partial charge in [0, 0.05) is 32.2 Å². The van der Waals surface area contributed by atoms with Crippen LogP contribution in [-0.4, -0.2) is 58.8 Å². The summed E-state index contributed by atoms with van der Waals surface area (Å²) < 4.78 is 44.2. The fraction of sp³-hybridized carbons (Fsp3) is 0.526. The smallest absolute Gasteiger partial charge is 0.380 e. The maximum Gasteiger partial charge on any atom is 0.492 e. The molecular weight excluding hydrogens is 391 g/mol. The standard InChI is InChI=1S/C19H22F3N3O4/c1-2-28-12-11-25-15-6-4-3-5-14(15)23-17(25)16(26)13-7-9-24(10-8-13)29-18(27)19(20,21)22/h3-6,13H,2,7-12H2,1H3. The number of hydrogen-bond donors (Lipinski definition) is 0. The number of Topliss-reactive ketones (excluding diaryl/α,β-unsaturated/α-hetero) is 1. The Bertz CT molecular complexity index is 873. The lowest BCUT2D eigenvalue weighted by Crippen LogP contribution is -2.41. The summed E-state index contributed by atoms with van der Waals surface area (Å²) in [6.07, 6.45) is -4.49. The predicted octanol–water partition coefficient (Wildman–Crippen LogP) is 2.99. The normalized spacial score (nSPS) is 16.3. The van der Waals surface area contributed by atoms with Crippen LogP contribution in [0.25, 0.3) is 11.0 Å². The van der Waals surface area contributed by atoms with Gasteiger partial charge in [0.1, 0.15) is 0 Å². The van der Waals surface area contributed by atoms with Crippen molar-refractivity contribution >= 4 is 22.8 Å². The van der Waals surface area contributed by atoms with Crippen LogP contribution < -0.4 is 0 Å². The molecule has 3 rings (SSSR count). The molecule has 158 valence electrons. The van der Waals surface area contributed by atoms with Crippen molar-refractivity contribution in [3.05, 3.63) is 30.1 Å². The third-order valence-electron chi connectivity index (χ3n) is 4.81. The predicted molar refractivity (Wildman–Crippen MR) is 97.0 cm³/mol. The molecule has 1 fully saturated rings. The molecular formula is C19H22F3N3O4. The number of nitrogens with zero attached hydrogens (tertiary/aromatic N) is 3. The molecule has 0 atom stereocenters. The Labute approximate surface area is 165 Å². The summed E-state index contributed by atoms with van der Waals surface area (Å²) in [5.41, 5.74) is 1.52. The summed E-state index contributed by atoms with van der Waals surface area (Å²) in [4.78, 5) is 32.9. The minimum Gasteiger partial charge on any atom is -0.380 e. The van der Waals surface area contributed by atoms with Crippen molar-refractivity contribution in [2.45, 2.75) is 32.5 Å². The van der Waals surface area contributed by atoms with Crippen LogP contribution in [0.5, 0.6) is 0 Å². The number of para-hydroxylation sites is 2. The number of ether oxygens (including phenoxy) is 1. The molecule has 7 nitrogen and oxygen atoms in total. The second-order valence-electron chi connectivity index (χ2n) is 6.72. The molecule has 1 saturated heterocycles. The Morgan fingerprint density at radius 2 is 1.90 bits per heavy atom. The van der Waals surface area contributed by atoms with Crippen LogP contribution in [0.3, 0.4) is 0 Å². The van der Waals surface area contributed by atoms with Gasteiger partial charge in [-0.2, -0.15) is 13.2 Å². The zero-order valence-corrected chi connectivity index (χ0v) is 15.9. The van der Waals surface area contributed by atoms with Gasteiger partial charge in [-0.05, 0) is 31.9 Å². The number of aromatic nitrogens is 2. The highest BCUT2D eigenvalue weighted by Crippen LogP contribution is 2.26. The molecule has 0 amide bonds. The summed E-state index contributed by atoms with van der Waals surface area (Å²) in [6, 6.07) is 7.40. The van der Waals surface area contributed by atoms with E-state index in [1.807, 2.05) is 35.8 Å². The van der Waals surface area contributed by atoms with Crippen LogP contribution in [0.4, 0.5) is 13.2 Å². The molecule has 1 aromatic heterocycles. The number of carbonyl (C=O) groups excluding carboxylic acids is 2. The lowest BCUT2D eigenvalue weighted by Gasteiger charge is -2.29. The van der Waals surface area contributed by atoms with Gasteiger partial charge < -0.3 is 14.1 Å². The van der Waals surface area contributed by atoms with E-state index in [2.05, 4.69) is 9.82 Å². The molecule has 1 aliphatic rings. The van der Waals surface area contributed by atoms with Crippen LogP contribution >= 0.6 is 0 Å². The Morgan fingerprint density at radius 3 is 2.55 bits per heavy atom. The van der Waals surface area contributed by atoms with Gasteiger partial charge in [0.25, 0.3) is 0 Å². The van der Waals surface area contributed by atoms with Crippen molar-refractivity contribution in [2.24, 2.45) is 5.92 Å². The number of ketones is 1. The fourth-order valence-electron chi connectivity index (χ4n) is 3.35. The highest BCUT2D eigenvalue weighted by atomic mass is 19.4. The number of hydroxylamine groups is 2. The van der Waals surface area contributed by atoms with Gasteiger partial charge in [0.2, 0.25) is 5.78 Å². The zero-order chi connectivity index (χ0) is 21.0. The number of hydrogen-bond acceptors (Lipinski definition) is 6. The molecule has 0 saturated carbocycles. The summed E-state index contributed by atoms with van der Waals surface area (Å²) in [7, 11) is 0. The molecule has 29 heavy (non-hydrogen) atoms. The number of halogens is 3. The van der Waals surface area contributed by atoms with E-state index in [4.69, 9.17) is 4.74 Å². The van der Waals surface area contributed by atoms with Gasteiger partial charge in [0.05, 0.1) is 17.6 Å². The Hall–Kier alpha value is -2.46. The summed E-state index contributed by atoms with van der Waals surface area (Å²) >= 11 is 0. The number of rotatable bonds is 7. The molecule has 2 heterocycles. The fourth-order valence-corrected chi connectivity index (χ4v) is 3.35. The van der Waals surface area contributed by atoms with E-state index >= 15 is 0 Å². The quantitative estimate of drug-likeness (QED) is 0.513. The monoisotopic (exact) mass is 413 g/mol. The van der Waals surface area contributed by atoms with Crippen molar-refractivity contribution in [3.63, 3.8) is 0 Å². The molecule has 1 aromatic carbocycles. The zero-order valence-electron chi connectivity index (χ0n) is 15.9. The minimum atomic E-state index is -5.04. The van der Waals surface area contributed by atoms with Crippen molar-refractivity contribution < 1.29 is 32.3 Å². The van der Waals surface area contributed by atoms with Crippen LogP contribution in [0.2, 0.25) is 0 Å². The van der Waals surface area contributed by atoms with Gasteiger partial charge in [-0.15, -0.1) is 5.06 Å². The molecule has 1 aliphatic heterocycles. The van der Waals surface area contributed by atoms with E-state index in [-0.39, 0.29) is 31.7 Å². The first-order chi connectivity index (χ1) is 13.8. The number of piperidine rings is 1. The van der Waals surface area contributed by atoms with Crippen LogP contribution in [-0.2, 0) is 20.9 Å². The molecule has 0 spiro atoms. The number of benzene rings is 1. The molecule has 2 aromatic rings. The largest absolute Gasteiger partial charge is 0.492 e. The Kier molecular flexibility index (Phi) is 6.53. The molecule has 0 radical (unpaired) electrons. The van der Waals surface area contributed by atoms with Crippen molar-refractivity contribution in [1.82, 2.24) is 14.6 Å². The van der Waals surface area contributed by atoms with Gasteiger partial charge in [-0.1, -0.05) is 12.1 Å². The Morgan fingerprint density at radius 1 is 1.21 bits per heavy atom. The number of carbonyl (C=O) groups is 2. The van der Waals surface area contributed by atoms with E-state index < -0.39 is 18.1 Å². The van der Waals surface area contributed by atoms with Crippen molar-refractivity contribution in [1.29, 1.82) is 0 Å². The van der Waals surface area contributed by atoms with Crippen molar-refractivity contribution in [2.75, 3.05) is 26.3 Å². The van der Waals surface area contributed by atoms with E-state index in [1.165, 1.54) is 0 Å². The first-order valence-electron chi connectivity index (χ1n) is 9.42. The Balaban J connectivity index is 1.70. The first-order valence-corrected chi connectivity index (χ1v) is 9.42. The highest BCUT2D eigenvalue weighted by molar-refractivity contribution is 5.98. The van der Waals surface area contributed by atoms with Gasteiger partial charge in [-0.25, -0.2) is 9.78 Å². The van der Waals surface area contributed by atoms with Crippen molar-refractivity contribution in [3.8, 4) is 0 Å². The SMILES string of the molecule is CCOCCn1c(C(=O)C2CCN(OC(=O)C(F)(F)F)CC2)nc2ccccc21. The maximum absolute atomic E-state index is 13.1. The van der Waals surface area contributed by atoms with Crippen LogP contribution in [0, 0.1) is 5.92 Å². The molecule has 0 N–H and O–H groups in total. The van der Waals surface area contributed by atoms with E-state index in [0.717, 1.165) is 10.6 Å². The van der Waals surface area contributed by atoms with E-state index in [1.54, 1.807) is 0 Å². The average Bonchev–Trinajstić information content (AvgIpc) is 3.06. The molecule has 0 unspecified atom stereocenters. The summed E-state index contributed by atoms with van der Waals surface area (Å²) in [6.45, 7) is 3.46. The van der Waals surface area contributed by atoms with E-state index in [9.17, 15) is 22.8 Å². The summed E-state index contributed by atoms with van der Waals surface area (Å²) in [5, 5.41) is 0.956. The topological polar surface area (TPSA) is 73.7 Å².